The summed E-state index contributed by atoms with van der Waals surface area (Å²) in [6.07, 6.45) is 1.04. The van der Waals surface area contributed by atoms with E-state index < -0.39 is 10.0 Å². The molecule has 0 radical (unpaired) electrons. The van der Waals surface area contributed by atoms with Crippen LogP contribution in [0.3, 0.4) is 0 Å². The minimum atomic E-state index is -3.26. The molecule has 6 heteroatoms. The number of ketones is 1. The van der Waals surface area contributed by atoms with Crippen molar-refractivity contribution in [2.45, 2.75) is 19.8 Å². The Balaban J connectivity index is 2.64. The molecule has 1 fully saturated rings. The highest BCUT2D eigenvalue weighted by Gasteiger charge is 2.32. The van der Waals surface area contributed by atoms with E-state index >= 15 is 0 Å². The average molecular weight is 249 g/mol. The van der Waals surface area contributed by atoms with Crippen LogP contribution in [0, 0.1) is 5.92 Å². The first-order valence-electron chi connectivity index (χ1n) is 5.50. The third-order valence-corrected chi connectivity index (χ3v) is 4.72. The molecule has 1 rings (SSSR count). The summed E-state index contributed by atoms with van der Waals surface area (Å²) >= 11 is 0. The lowest BCUT2D eigenvalue weighted by Crippen LogP contribution is -2.45. The quantitative estimate of drug-likeness (QED) is 0.701. The predicted molar refractivity (Wildman–Crippen MR) is 60.6 cm³/mol. The van der Waals surface area contributed by atoms with Gasteiger partial charge in [-0.3, -0.25) is 4.79 Å². The number of carbonyl (C=O) groups excluding carboxylic acids is 1. The van der Waals surface area contributed by atoms with Crippen LogP contribution >= 0.6 is 0 Å². The molecule has 1 saturated heterocycles. The number of Topliss-reactive ketones (excluding diaryl/α,β-unsaturated/α-hetero) is 1. The van der Waals surface area contributed by atoms with Gasteiger partial charge in [0.15, 0.2) is 0 Å². The van der Waals surface area contributed by atoms with Gasteiger partial charge in [-0.2, -0.15) is 0 Å². The first kappa shape index (κ1) is 13.6. The van der Waals surface area contributed by atoms with Gasteiger partial charge in [-0.15, -0.1) is 0 Å². The zero-order valence-corrected chi connectivity index (χ0v) is 10.6. The predicted octanol–water partition coefficient (Wildman–Crippen LogP) is 0.264. The van der Waals surface area contributed by atoms with Gasteiger partial charge in [0.05, 0.1) is 12.4 Å². The van der Waals surface area contributed by atoms with Crippen LogP contribution in [0.25, 0.3) is 0 Å². The van der Waals surface area contributed by atoms with Crippen LogP contribution in [-0.4, -0.2) is 51.1 Å². The molecule has 0 saturated carbocycles. The second kappa shape index (κ2) is 5.75. The summed E-state index contributed by atoms with van der Waals surface area (Å²) in [5, 5.41) is 0. The summed E-state index contributed by atoms with van der Waals surface area (Å²) in [6, 6.07) is 0. The van der Waals surface area contributed by atoms with Crippen molar-refractivity contribution in [1.29, 1.82) is 0 Å². The first-order valence-corrected chi connectivity index (χ1v) is 7.11. The summed E-state index contributed by atoms with van der Waals surface area (Å²) < 4.78 is 29.9. The molecule has 0 bridgehead atoms. The van der Waals surface area contributed by atoms with Gasteiger partial charge in [0.1, 0.15) is 5.78 Å². The van der Waals surface area contributed by atoms with Crippen molar-refractivity contribution in [2.75, 3.05) is 32.6 Å². The maximum atomic E-state index is 11.8. The van der Waals surface area contributed by atoms with E-state index in [2.05, 4.69) is 0 Å². The highest BCUT2D eigenvalue weighted by Crippen LogP contribution is 2.18. The molecule has 0 spiro atoms. The van der Waals surface area contributed by atoms with Crippen molar-refractivity contribution in [2.24, 2.45) is 5.92 Å². The number of sulfonamides is 1. The first-order chi connectivity index (χ1) is 7.51. The number of nitrogens with zero attached hydrogens (tertiary/aromatic N) is 1. The Bertz CT molecular complexity index is 339. The highest BCUT2D eigenvalue weighted by atomic mass is 32.2. The zero-order chi connectivity index (χ0) is 12.2. The van der Waals surface area contributed by atoms with Gasteiger partial charge in [-0.25, -0.2) is 12.7 Å². The molecule has 1 unspecified atom stereocenters. The number of carbonyl (C=O) groups is 1. The number of hydrogen-bond donors (Lipinski definition) is 0. The minimum absolute atomic E-state index is 0.00583. The number of hydrogen-bond acceptors (Lipinski definition) is 4. The fourth-order valence-corrected chi connectivity index (χ4v) is 3.22. The summed E-state index contributed by atoms with van der Waals surface area (Å²) in [5.41, 5.74) is 0. The molecular weight excluding hydrogens is 230 g/mol. The Morgan fingerprint density at radius 2 is 2.19 bits per heavy atom. The van der Waals surface area contributed by atoms with Gasteiger partial charge >= 0.3 is 0 Å². The number of methoxy groups -OCH3 is 1. The van der Waals surface area contributed by atoms with Crippen LogP contribution in [0.5, 0.6) is 0 Å². The van der Waals surface area contributed by atoms with E-state index in [1.807, 2.05) is 6.92 Å². The fraction of sp³-hybridized carbons (Fsp3) is 0.900. The van der Waals surface area contributed by atoms with E-state index in [0.29, 0.717) is 25.9 Å². The lowest BCUT2D eigenvalue weighted by molar-refractivity contribution is -0.125. The average Bonchev–Trinajstić information content (AvgIpc) is 2.27. The monoisotopic (exact) mass is 249 g/mol. The van der Waals surface area contributed by atoms with Crippen molar-refractivity contribution in [3.05, 3.63) is 0 Å². The Hall–Kier alpha value is -0.460. The van der Waals surface area contributed by atoms with E-state index in [1.165, 1.54) is 11.4 Å². The summed E-state index contributed by atoms with van der Waals surface area (Å²) in [4.78, 5) is 11.5. The molecule has 1 aliphatic heterocycles. The number of ether oxygens (including phenoxy) is 1. The van der Waals surface area contributed by atoms with Crippen LogP contribution in [0.2, 0.25) is 0 Å². The van der Waals surface area contributed by atoms with Gasteiger partial charge in [0, 0.05) is 32.5 Å². The van der Waals surface area contributed by atoms with Crippen molar-refractivity contribution in [3.63, 3.8) is 0 Å². The van der Waals surface area contributed by atoms with Crippen molar-refractivity contribution < 1.29 is 17.9 Å². The van der Waals surface area contributed by atoms with E-state index in [1.54, 1.807) is 0 Å². The van der Waals surface area contributed by atoms with Gasteiger partial charge in [0.25, 0.3) is 0 Å². The summed E-state index contributed by atoms with van der Waals surface area (Å²) in [5.74, 6) is 0.0421. The molecule has 0 aliphatic carbocycles. The fourth-order valence-electron chi connectivity index (χ4n) is 1.81. The minimum Gasteiger partial charge on any atom is -0.384 e. The second-order valence-corrected chi connectivity index (χ2v) is 6.08. The van der Waals surface area contributed by atoms with E-state index in [-0.39, 0.29) is 24.1 Å². The van der Waals surface area contributed by atoms with Crippen LogP contribution in [0.1, 0.15) is 19.8 Å². The highest BCUT2D eigenvalue weighted by molar-refractivity contribution is 7.89. The molecule has 5 nitrogen and oxygen atoms in total. The molecule has 1 heterocycles. The van der Waals surface area contributed by atoms with Crippen molar-refractivity contribution in [1.82, 2.24) is 4.31 Å². The van der Waals surface area contributed by atoms with Crippen molar-refractivity contribution in [3.8, 4) is 0 Å². The summed E-state index contributed by atoms with van der Waals surface area (Å²) in [7, 11) is -1.78. The van der Waals surface area contributed by atoms with Crippen LogP contribution in [0.15, 0.2) is 0 Å². The largest absolute Gasteiger partial charge is 0.384 e. The van der Waals surface area contributed by atoms with Gasteiger partial charge < -0.3 is 4.74 Å². The SMILES string of the molecule is CCC1CN(S(=O)(=O)CCOC)CCC1=O. The van der Waals surface area contributed by atoms with Gasteiger partial charge in [-0.1, -0.05) is 6.92 Å². The van der Waals surface area contributed by atoms with Gasteiger partial charge in [-0.05, 0) is 6.42 Å². The second-order valence-electron chi connectivity index (χ2n) is 3.99. The third kappa shape index (κ3) is 3.26. The topological polar surface area (TPSA) is 63.7 Å². The Kier molecular flexibility index (Phi) is 4.89. The van der Waals surface area contributed by atoms with E-state index in [4.69, 9.17) is 4.74 Å². The summed E-state index contributed by atoms with van der Waals surface area (Å²) in [6.45, 7) is 2.76. The molecule has 0 aromatic heterocycles. The lowest BCUT2D eigenvalue weighted by atomic mass is 9.96. The Morgan fingerprint density at radius 1 is 1.50 bits per heavy atom. The molecule has 0 N–H and O–H groups in total. The molecule has 1 atom stereocenters. The van der Waals surface area contributed by atoms with Crippen molar-refractivity contribution >= 4 is 15.8 Å². The zero-order valence-electron chi connectivity index (χ0n) is 9.81. The molecule has 0 amide bonds. The van der Waals surface area contributed by atoms with Gasteiger partial charge in [0.2, 0.25) is 10.0 Å². The lowest BCUT2D eigenvalue weighted by Gasteiger charge is -2.30. The van der Waals surface area contributed by atoms with Crippen LogP contribution in [0.4, 0.5) is 0 Å². The number of piperidine rings is 1. The van der Waals surface area contributed by atoms with E-state index in [9.17, 15) is 13.2 Å². The molecule has 0 aromatic carbocycles. The standard InChI is InChI=1S/C10H19NO4S/c1-3-9-8-11(5-4-10(9)12)16(13,14)7-6-15-2/h9H,3-8H2,1-2H3. The van der Waals surface area contributed by atoms with Crippen LogP contribution in [-0.2, 0) is 19.6 Å². The van der Waals surface area contributed by atoms with Crippen LogP contribution < -0.4 is 0 Å². The third-order valence-electron chi connectivity index (χ3n) is 2.92. The molecule has 0 aromatic rings. The van der Waals surface area contributed by atoms with E-state index in [0.717, 1.165) is 0 Å². The molecule has 1 aliphatic rings. The maximum Gasteiger partial charge on any atom is 0.216 e. The number of rotatable bonds is 5. The Labute approximate surface area is 96.8 Å². The molecule has 16 heavy (non-hydrogen) atoms. The molecule has 94 valence electrons. The molecular formula is C10H19NO4S. The smallest absolute Gasteiger partial charge is 0.216 e. The Morgan fingerprint density at radius 3 is 2.75 bits per heavy atom. The normalized spacial score (nSPS) is 23.6. The maximum absolute atomic E-state index is 11.8.